The molecule has 0 aliphatic heterocycles. The predicted molar refractivity (Wildman–Crippen MR) is 74.3 cm³/mol. The van der Waals surface area contributed by atoms with E-state index in [9.17, 15) is 13.2 Å². The zero-order chi connectivity index (χ0) is 15.5. The van der Waals surface area contributed by atoms with Crippen molar-refractivity contribution in [3.05, 3.63) is 59.2 Å². The molecule has 0 atom stereocenters. The fraction of sp³-hybridized carbons (Fsp3) is 0.133. The van der Waals surface area contributed by atoms with Crippen LogP contribution in [0.5, 0.6) is 0 Å². The molecule has 0 aromatic heterocycles. The lowest BCUT2D eigenvalue weighted by Gasteiger charge is -2.11. The number of nitrogens with zero attached hydrogens (tertiary/aromatic N) is 1. The van der Waals surface area contributed by atoms with E-state index in [1.807, 2.05) is 6.07 Å². The molecule has 0 saturated carbocycles. The zero-order valence-electron chi connectivity index (χ0n) is 10.9. The molecule has 0 spiro atoms. The molecule has 0 radical (unpaired) electrons. The van der Waals surface area contributed by atoms with Crippen molar-refractivity contribution in [2.75, 3.05) is 11.1 Å². The highest BCUT2D eigenvalue weighted by molar-refractivity contribution is 5.72. The molecule has 0 unspecified atom stereocenters. The maximum absolute atomic E-state index is 12.4. The van der Waals surface area contributed by atoms with Gasteiger partial charge in [0.2, 0.25) is 0 Å². The van der Waals surface area contributed by atoms with Crippen molar-refractivity contribution in [1.82, 2.24) is 0 Å². The molecule has 0 saturated heterocycles. The van der Waals surface area contributed by atoms with Crippen LogP contribution in [0.3, 0.4) is 0 Å². The number of nitrogens with one attached hydrogen (secondary N) is 1. The number of nitrogens with two attached hydrogens (primary N) is 1. The Morgan fingerprint density at radius 2 is 1.76 bits per heavy atom. The largest absolute Gasteiger partial charge is 0.416 e. The summed E-state index contributed by atoms with van der Waals surface area (Å²) in [4.78, 5) is 0. The highest BCUT2D eigenvalue weighted by atomic mass is 19.4. The number of para-hydroxylation sites is 1. The summed E-state index contributed by atoms with van der Waals surface area (Å²) in [6.45, 7) is 0.317. The summed E-state index contributed by atoms with van der Waals surface area (Å²) < 4.78 is 37.3. The summed E-state index contributed by atoms with van der Waals surface area (Å²) in [5.41, 5.74) is 7.06. The number of halogens is 3. The first-order valence-corrected chi connectivity index (χ1v) is 6.10. The Kier molecular flexibility index (Phi) is 4.03. The average Bonchev–Trinajstić information content (AvgIpc) is 2.46. The van der Waals surface area contributed by atoms with Gasteiger partial charge in [0.25, 0.3) is 0 Å². The van der Waals surface area contributed by atoms with E-state index in [-0.39, 0.29) is 0 Å². The zero-order valence-corrected chi connectivity index (χ0v) is 10.9. The van der Waals surface area contributed by atoms with Crippen molar-refractivity contribution in [3.63, 3.8) is 0 Å². The molecule has 3 nitrogen and oxygen atoms in total. The van der Waals surface area contributed by atoms with Crippen LogP contribution in [0.15, 0.2) is 42.5 Å². The molecule has 0 aliphatic rings. The van der Waals surface area contributed by atoms with Crippen LogP contribution >= 0.6 is 0 Å². The third-order valence-corrected chi connectivity index (χ3v) is 2.99. The van der Waals surface area contributed by atoms with Gasteiger partial charge < -0.3 is 11.1 Å². The molecule has 2 aromatic carbocycles. The molecule has 0 heterocycles. The lowest BCUT2D eigenvalue weighted by Crippen LogP contribution is -2.06. The van der Waals surface area contributed by atoms with Gasteiger partial charge in [-0.3, -0.25) is 0 Å². The first-order chi connectivity index (χ1) is 9.91. The third-order valence-electron chi connectivity index (χ3n) is 2.99. The molecule has 0 bridgehead atoms. The van der Waals surface area contributed by atoms with Crippen LogP contribution < -0.4 is 11.1 Å². The highest BCUT2D eigenvalue weighted by Gasteiger charge is 2.29. The molecule has 0 amide bonds. The fourth-order valence-electron chi connectivity index (χ4n) is 1.83. The van der Waals surface area contributed by atoms with Crippen LogP contribution in [0.1, 0.15) is 16.7 Å². The normalized spacial score (nSPS) is 11.0. The lowest BCUT2D eigenvalue weighted by molar-refractivity contribution is -0.137. The molecular formula is C15H12F3N3. The van der Waals surface area contributed by atoms with Gasteiger partial charge >= 0.3 is 6.18 Å². The van der Waals surface area contributed by atoms with Gasteiger partial charge in [-0.2, -0.15) is 18.4 Å². The van der Waals surface area contributed by atoms with Gasteiger partial charge in [0, 0.05) is 6.54 Å². The maximum Gasteiger partial charge on any atom is 0.416 e. The number of rotatable bonds is 3. The molecule has 0 aliphatic carbocycles. The van der Waals surface area contributed by atoms with Gasteiger partial charge in [-0.15, -0.1) is 0 Å². The molecular weight excluding hydrogens is 279 g/mol. The molecule has 0 fully saturated rings. The van der Waals surface area contributed by atoms with Crippen molar-refractivity contribution in [2.24, 2.45) is 0 Å². The standard InChI is InChI=1S/C15H12F3N3/c16-15(17,18)12-6-4-10(5-7-12)9-21-13-3-1-2-11(8-19)14(13)20/h1-7,21H,9,20H2. The quantitative estimate of drug-likeness (QED) is 0.846. The first-order valence-electron chi connectivity index (χ1n) is 6.10. The summed E-state index contributed by atoms with van der Waals surface area (Å²) in [7, 11) is 0. The second-order valence-electron chi connectivity index (χ2n) is 4.43. The Hall–Kier alpha value is -2.68. The SMILES string of the molecule is N#Cc1cccc(NCc2ccc(C(F)(F)F)cc2)c1N. The summed E-state index contributed by atoms with van der Waals surface area (Å²) in [6.07, 6.45) is -4.34. The van der Waals surface area contributed by atoms with E-state index in [1.165, 1.54) is 12.1 Å². The molecule has 2 rings (SSSR count). The topological polar surface area (TPSA) is 61.8 Å². The van der Waals surface area contributed by atoms with Gasteiger partial charge in [-0.05, 0) is 29.8 Å². The van der Waals surface area contributed by atoms with Crippen LogP contribution in [0.2, 0.25) is 0 Å². The maximum atomic E-state index is 12.4. The monoisotopic (exact) mass is 291 g/mol. The van der Waals surface area contributed by atoms with Gasteiger partial charge in [-0.25, -0.2) is 0 Å². The Morgan fingerprint density at radius 1 is 1.10 bits per heavy atom. The minimum Gasteiger partial charge on any atom is -0.396 e. The second kappa shape index (κ2) is 5.75. The smallest absolute Gasteiger partial charge is 0.396 e. The fourth-order valence-corrected chi connectivity index (χ4v) is 1.83. The molecule has 3 N–H and O–H groups in total. The van der Waals surface area contributed by atoms with Crippen LogP contribution in [-0.4, -0.2) is 0 Å². The van der Waals surface area contributed by atoms with Crippen LogP contribution in [0.4, 0.5) is 24.5 Å². The minimum absolute atomic E-state index is 0.317. The highest BCUT2D eigenvalue weighted by Crippen LogP contribution is 2.29. The molecule has 2 aromatic rings. The summed E-state index contributed by atoms with van der Waals surface area (Å²) in [5, 5.41) is 11.9. The van der Waals surface area contributed by atoms with E-state index in [2.05, 4.69) is 5.32 Å². The van der Waals surface area contributed by atoms with E-state index in [1.54, 1.807) is 18.2 Å². The predicted octanol–water partition coefficient (Wildman–Crippen LogP) is 3.77. The molecule has 21 heavy (non-hydrogen) atoms. The number of nitriles is 1. The van der Waals surface area contributed by atoms with Crippen LogP contribution in [-0.2, 0) is 12.7 Å². The van der Waals surface area contributed by atoms with Gasteiger partial charge in [0.15, 0.2) is 0 Å². The number of anilines is 2. The molecule has 6 heteroatoms. The van der Waals surface area contributed by atoms with Crippen molar-refractivity contribution in [3.8, 4) is 6.07 Å². The van der Waals surface area contributed by atoms with E-state index in [0.29, 0.717) is 29.0 Å². The Labute approximate surface area is 119 Å². The van der Waals surface area contributed by atoms with E-state index in [0.717, 1.165) is 12.1 Å². The number of alkyl halides is 3. The van der Waals surface area contributed by atoms with Gasteiger partial charge in [0.05, 0.1) is 22.5 Å². The Bertz CT molecular complexity index is 670. The molecule has 108 valence electrons. The van der Waals surface area contributed by atoms with Crippen molar-refractivity contribution in [2.45, 2.75) is 12.7 Å². The van der Waals surface area contributed by atoms with Crippen molar-refractivity contribution < 1.29 is 13.2 Å². The summed E-state index contributed by atoms with van der Waals surface area (Å²) in [6, 6.07) is 11.8. The number of benzene rings is 2. The van der Waals surface area contributed by atoms with Crippen LogP contribution in [0, 0.1) is 11.3 Å². The van der Waals surface area contributed by atoms with E-state index >= 15 is 0 Å². The van der Waals surface area contributed by atoms with Crippen LogP contribution in [0.25, 0.3) is 0 Å². The Morgan fingerprint density at radius 3 is 2.33 bits per heavy atom. The van der Waals surface area contributed by atoms with E-state index in [4.69, 9.17) is 11.0 Å². The average molecular weight is 291 g/mol. The number of hydrogen-bond acceptors (Lipinski definition) is 3. The summed E-state index contributed by atoms with van der Waals surface area (Å²) >= 11 is 0. The van der Waals surface area contributed by atoms with Gasteiger partial charge in [-0.1, -0.05) is 18.2 Å². The minimum atomic E-state index is -4.34. The van der Waals surface area contributed by atoms with Gasteiger partial charge in [0.1, 0.15) is 6.07 Å². The lowest BCUT2D eigenvalue weighted by atomic mass is 10.1. The van der Waals surface area contributed by atoms with Crippen molar-refractivity contribution >= 4 is 11.4 Å². The van der Waals surface area contributed by atoms with E-state index < -0.39 is 11.7 Å². The Balaban J connectivity index is 2.09. The third kappa shape index (κ3) is 3.45. The number of hydrogen-bond donors (Lipinski definition) is 2. The summed E-state index contributed by atoms with van der Waals surface area (Å²) in [5.74, 6) is 0. The second-order valence-corrected chi connectivity index (χ2v) is 4.43. The van der Waals surface area contributed by atoms with Crippen molar-refractivity contribution in [1.29, 1.82) is 5.26 Å². The number of nitrogen functional groups attached to an aromatic ring is 1. The first kappa shape index (κ1) is 14.7.